The van der Waals surface area contributed by atoms with Crippen molar-refractivity contribution >= 4 is 5.91 Å². The van der Waals surface area contributed by atoms with Gasteiger partial charge in [0.2, 0.25) is 0 Å². The van der Waals surface area contributed by atoms with Crippen LogP contribution in [0.15, 0.2) is 48.7 Å². The molecule has 1 unspecified atom stereocenters. The molecule has 0 aliphatic carbocycles. The summed E-state index contributed by atoms with van der Waals surface area (Å²) in [6, 6.07) is 13.3. The molecule has 0 N–H and O–H groups in total. The monoisotopic (exact) mass is 368 g/mol. The summed E-state index contributed by atoms with van der Waals surface area (Å²) >= 11 is 0. The third-order valence-corrected chi connectivity index (χ3v) is 4.93. The Labute approximate surface area is 161 Å². The van der Waals surface area contributed by atoms with E-state index in [0.717, 1.165) is 24.3 Å². The van der Waals surface area contributed by atoms with Crippen molar-refractivity contribution in [1.82, 2.24) is 9.88 Å². The normalized spacial score (nSPS) is 18.7. The zero-order valence-corrected chi connectivity index (χ0v) is 16.4. The molecule has 1 aliphatic heterocycles. The van der Waals surface area contributed by atoms with Gasteiger partial charge >= 0.3 is 0 Å². The van der Waals surface area contributed by atoms with Gasteiger partial charge in [-0.2, -0.15) is 0 Å². The van der Waals surface area contributed by atoms with Gasteiger partial charge in [0.05, 0.1) is 11.3 Å². The molecule has 27 heavy (non-hydrogen) atoms. The molecule has 1 amide bonds. The number of aromatic nitrogens is 1. The van der Waals surface area contributed by atoms with Crippen LogP contribution >= 0.6 is 0 Å². The molecule has 0 bridgehead atoms. The van der Waals surface area contributed by atoms with Crippen LogP contribution in [0.25, 0.3) is 0 Å². The Morgan fingerprint density at radius 1 is 1.26 bits per heavy atom. The Morgan fingerprint density at radius 3 is 2.67 bits per heavy atom. The van der Waals surface area contributed by atoms with E-state index in [9.17, 15) is 4.79 Å². The van der Waals surface area contributed by atoms with Gasteiger partial charge in [-0.3, -0.25) is 9.78 Å². The maximum Gasteiger partial charge on any atom is 0.254 e. The molecule has 1 fully saturated rings. The Morgan fingerprint density at radius 2 is 2.04 bits per heavy atom. The van der Waals surface area contributed by atoms with Crippen LogP contribution in [0.3, 0.4) is 0 Å². The lowest BCUT2D eigenvalue weighted by Gasteiger charge is -2.41. The van der Waals surface area contributed by atoms with Crippen LogP contribution in [0.5, 0.6) is 5.75 Å². The molecule has 1 saturated heterocycles. The Hall–Kier alpha value is -2.40. The molecule has 1 aromatic carbocycles. The second-order valence-electron chi connectivity index (χ2n) is 7.48. The standard InChI is InChI=1S/C22H28N2O3/c1-4-24(19-12-14-27-22(2,3)15-19)21(25)17-8-10-20(11-9-17)26-16-18-7-5-6-13-23-18/h5-11,13,19H,4,12,14-16H2,1-3H3. The van der Waals surface area contributed by atoms with Crippen molar-refractivity contribution in [2.45, 2.75) is 51.9 Å². The molecule has 1 atom stereocenters. The number of ether oxygens (including phenoxy) is 2. The van der Waals surface area contributed by atoms with E-state index in [4.69, 9.17) is 9.47 Å². The lowest BCUT2D eigenvalue weighted by Crippen LogP contribution is -2.48. The fraction of sp³-hybridized carbons (Fsp3) is 0.455. The van der Waals surface area contributed by atoms with Gasteiger partial charge in [0, 0.05) is 31.0 Å². The highest BCUT2D eigenvalue weighted by molar-refractivity contribution is 5.94. The topological polar surface area (TPSA) is 51.7 Å². The maximum atomic E-state index is 13.0. The summed E-state index contributed by atoms with van der Waals surface area (Å²) in [7, 11) is 0. The van der Waals surface area contributed by atoms with Gasteiger partial charge < -0.3 is 14.4 Å². The van der Waals surface area contributed by atoms with E-state index in [1.807, 2.05) is 54.3 Å². The number of amides is 1. The zero-order valence-electron chi connectivity index (χ0n) is 16.4. The fourth-order valence-electron chi connectivity index (χ4n) is 3.53. The summed E-state index contributed by atoms with van der Waals surface area (Å²) in [6.07, 6.45) is 3.49. The molecule has 2 heterocycles. The number of benzene rings is 1. The van der Waals surface area contributed by atoms with E-state index in [-0.39, 0.29) is 17.6 Å². The predicted octanol–water partition coefficient (Wildman–Crippen LogP) is 4.08. The van der Waals surface area contributed by atoms with Crippen molar-refractivity contribution in [3.8, 4) is 5.75 Å². The van der Waals surface area contributed by atoms with Crippen molar-refractivity contribution < 1.29 is 14.3 Å². The number of nitrogens with zero attached hydrogens (tertiary/aromatic N) is 2. The molecule has 0 spiro atoms. The number of hydrogen-bond donors (Lipinski definition) is 0. The van der Waals surface area contributed by atoms with E-state index >= 15 is 0 Å². The summed E-state index contributed by atoms with van der Waals surface area (Å²) in [6.45, 7) is 8.01. The zero-order chi connectivity index (χ0) is 19.3. The Kier molecular flexibility index (Phi) is 6.11. The van der Waals surface area contributed by atoms with Crippen molar-refractivity contribution in [3.63, 3.8) is 0 Å². The molecule has 3 rings (SSSR count). The average Bonchev–Trinajstić information content (AvgIpc) is 2.67. The van der Waals surface area contributed by atoms with Gasteiger partial charge in [0.1, 0.15) is 12.4 Å². The van der Waals surface area contributed by atoms with Gasteiger partial charge in [-0.15, -0.1) is 0 Å². The largest absolute Gasteiger partial charge is 0.487 e. The van der Waals surface area contributed by atoms with Crippen LogP contribution in [-0.4, -0.2) is 40.6 Å². The number of carbonyl (C=O) groups excluding carboxylic acids is 1. The molecule has 2 aromatic rings. The number of pyridine rings is 1. The minimum Gasteiger partial charge on any atom is -0.487 e. The van der Waals surface area contributed by atoms with Crippen LogP contribution < -0.4 is 4.74 Å². The third kappa shape index (κ3) is 5.07. The van der Waals surface area contributed by atoms with E-state index in [1.54, 1.807) is 6.20 Å². The quantitative estimate of drug-likeness (QED) is 0.771. The Bertz CT molecular complexity index is 744. The van der Waals surface area contributed by atoms with Crippen LogP contribution in [0, 0.1) is 0 Å². The third-order valence-electron chi connectivity index (χ3n) is 4.93. The highest BCUT2D eigenvalue weighted by Crippen LogP contribution is 2.28. The number of rotatable bonds is 6. The first-order chi connectivity index (χ1) is 13.0. The second-order valence-corrected chi connectivity index (χ2v) is 7.48. The molecular formula is C22H28N2O3. The molecular weight excluding hydrogens is 340 g/mol. The number of carbonyl (C=O) groups is 1. The van der Waals surface area contributed by atoms with Crippen molar-refractivity contribution in [2.24, 2.45) is 0 Å². The first-order valence-corrected chi connectivity index (χ1v) is 9.56. The lowest BCUT2D eigenvalue weighted by atomic mass is 9.92. The van der Waals surface area contributed by atoms with Crippen molar-refractivity contribution in [2.75, 3.05) is 13.2 Å². The van der Waals surface area contributed by atoms with E-state index < -0.39 is 0 Å². The summed E-state index contributed by atoms with van der Waals surface area (Å²) in [4.78, 5) is 19.2. The lowest BCUT2D eigenvalue weighted by molar-refractivity contribution is -0.0777. The van der Waals surface area contributed by atoms with Crippen LogP contribution in [-0.2, 0) is 11.3 Å². The van der Waals surface area contributed by atoms with Gasteiger partial charge in [0.25, 0.3) is 5.91 Å². The van der Waals surface area contributed by atoms with Gasteiger partial charge in [-0.1, -0.05) is 6.07 Å². The number of hydrogen-bond acceptors (Lipinski definition) is 4. The predicted molar refractivity (Wildman–Crippen MR) is 105 cm³/mol. The van der Waals surface area contributed by atoms with Gasteiger partial charge in [-0.25, -0.2) is 0 Å². The highest BCUT2D eigenvalue weighted by atomic mass is 16.5. The molecule has 1 aromatic heterocycles. The van der Waals surface area contributed by atoms with E-state index in [1.165, 1.54) is 0 Å². The molecule has 144 valence electrons. The van der Waals surface area contributed by atoms with Gasteiger partial charge in [0.15, 0.2) is 0 Å². The summed E-state index contributed by atoms with van der Waals surface area (Å²) in [5, 5.41) is 0. The average molecular weight is 368 g/mol. The first-order valence-electron chi connectivity index (χ1n) is 9.56. The molecule has 1 aliphatic rings. The molecule has 0 radical (unpaired) electrons. The highest BCUT2D eigenvalue weighted by Gasteiger charge is 2.33. The maximum absolute atomic E-state index is 13.0. The first kappa shape index (κ1) is 19.4. The summed E-state index contributed by atoms with van der Waals surface area (Å²) < 4.78 is 11.5. The second kappa shape index (κ2) is 8.53. The van der Waals surface area contributed by atoms with Crippen molar-refractivity contribution in [1.29, 1.82) is 0 Å². The van der Waals surface area contributed by atoms with Crippen molar-refractivity contribution in [3.05, 3.63) is 59.9 Å². The van der Waals surface area contributed by atoms with E-state index in [2.05, 4.69) is 18.8 Å². The summed E-state index contributed by atoms with van der Waals surface area (Å²) in [5.74, 6) is 0.795. The summed E-state index contributed by atoms with van der Waals surface area (Å²) in [5.41, 5.74) is 1.38. The molecule has 5 heteroatoms. The Balaban J connectivity index is 1.63. The SMILES string of the molecule is CCN(C(=O)c1ccc(OCc2ccccn2)cc1)C1CCOC(C)(C)C1. The minimum atomic E-state index is -0.181. The smallest absolute Gasteiger partial charge is 0.254 e. The molecule has 5 nitrogen and oxygen atoms in total. The molecule has 0 saturated carbocycles. The van der Waals surface area contributed by atoms with E-state index in [0.29, 0.717) is 25.3 Å². The fourth-order valence-corrected chi connectivity index (χ4v) is 3.53. The van der Waals surface area contributed by atoms with Crippen LogP contribution in [0.4, 0.5) is 0 Å². The minimum absolute atomic E-state index is 0.0662. The van der Waals surface area contributed by atoms with Crippen LogP contribution in [0.2, 0.25) is 0 Å². The van der Waals surface area contributed by atoms with Gasteiger partial charge in [-0.05, 0) is 70.0 Å². The van der Waals surface area contributed by atoms with Crippen LogP contribution in [0.1, 0.15) is 49.7 Å².